The minimum Gasteiger partial charge on any atom is -0.335 e. The van der Waals surface area contributed by atoms with Crippen molar-refractivity contribution < 1.29 is 0 Å². The molecule has 1 fully saturated rings. The third-order valence-electron chi connectivity index (χ3n) is 12.7. The summed E-state index contributed by atoms with van der Waals surface area (Å²) < 4.78 is 0. The summed E-state index contributed by atoms with van der Waals surface area (Å²) >= 11 is 0. The maximum atomic E-state index is 2.83. The number of benzene rings is 6. The number of rotatable bonds is 4. The van der Waals surface area contributed by atoms with Gasteiger partial charge in [-0.1, -0.05) is 110 Å². The first-order valence-electron chi connectivity index (χ1n) is 18.4. The fourth-order valence-electron chi connectivity index (χ4n) is 10.1. The quantitative estimate of drug-likeness (QED) is 0.176. The van der Waals surface area contributed by atoms with E-state index >= 15 is 0 Å². The minimum absolute atomic E-state index is 0.0348. The van der Waals surface area contributed by atoms with Crippen LogP contribution in [0.1, 0.15) is 56.2 Å². The molecular weight excluding hydrogens is 605 g/mol. The van der Waals surface area contributed by atoms with Gasteiger partial charge in [-0.15, -0.1) is 0 Å². The van der Waals surface area contributed by atoms with Gasteiger partial charge in [-0.25, -0.2) is 0 Å². The van der Waals surface area contributed by atoms with Crippen LogP contribution < -0.4 is 31.1 Å². The summed E-state index contributed by atoms with van der Waals surface area (Å²) in [5.41, 5.74) is 18.5. The van der Waals surface area contributed by atoms with Crippen molar-refractivity contribution in [1.29, 1.82) is 0 Å². The van der Waals surface area contributed by atoms with E-state index in [1.165, 1.54) is 92.9 Å². The fourth-order valence-corrected chi connectivity index (χ4v) is 10.1. The standard InChI is InChI=1S/C46H42BN3/c1-31-20-23-35(24-21-31)49-40-25-22-32(2)28-39(40)47-38-19-13-18-37-44(38)50(46(4)27-12-11-26-45(37,46)3)42-30-36(29-41(49)43(42)47)48(33-14-7-5-8-15-33)34-16-9-6-10-17-34/h5-10,13-25,28-30H,11-12,26-27H2,1-4H3. The van der Waals surface area contributed by atoms with Gasteiger partial charge in [0.25, 0.3) is 6.71 Å². The molecule has 3 aliphatic heterocycles. The predicted octanol–water partition coefficient (Wildman–Crippen LogP) is 10.1. The van der Waals surface area contributed by atoms with Crippen LogP contribution in [0.2, 0.25) is 0 Å². The second-order valence-electron chi connectivity index (χ2n) is 15.5. The summed E-state index contributed by atoms with van der Waals surface area (Å²) in [6.07, 6.45) is 4.94. The van der Waals surface area contributed by atoms with Gasteiger partial charge in [0.05, 0.1) is 11.2 Å². The summed E-state index contributed by atoms with van der Waals surface area (Å²) in [6, 6.07) is 50.2. The Bertz CT molecular complexity index is 2260. The molecule has 6 aromatic rings. The molecule has 2 unspecified atom stereocenters. The largest absolute Gasteiger partial charge is 0.335 e. The maximum Gasteiger partial charge on any atom is 0.252 e. The molecule has 0 amide bonds. The van der Waals surface area contributed by atoms with Crippen molar-refractivity contribution in [3.05, 3.63) is 150 Å². The average Bonchev–Trinajstić information content (AvgIpc) is 3.35. The molecule has 0 spiro atoms. The fraction of sp³-hybridized carbons (Fsp3) is 0.217. The molecule has 3 heterocycles. The first-order chi connectivity index (χ1) is 24.4. The van der Waals surface area contributed by atoms with E-state index in [9.17, 15) is 0 Å². The van der Waals surface area contributed by atoms with Crippen molar-refractivity contribution in [1.82, 2.24) is 0 Å². The lowest BCUT2D eigenvalue weighted by Gasteiger charge is -2.53. The zero-order valence-corrected chi connectivity index (χ0v) is 29.4. The number of hydrogen-bond donors (Lipinski definition) is 0. The molecule has 4 heteroatoms. The van der Waals surface area contributed by atoms with Crippen molar-refractivity contribution in [2.45, 2.75) is 64.3 Å². The van der Waals surface area contributed by atoms with E-state index in [1.807, 2.05) is 0 Å². The van der Waals surface area contributed by atoms with Crippen molar-refractivity contribution in [3.8, 4) is 0 Å². The van der Waals surface area contributed by atoms with Crippen LogP contribution >= 0.6 is 0 Å². The number of hydrogen-bond acceptors (Lipinski definition) is 3. The lowest BCUT2D eigenvalue weighted by molar-refractivity contribution is 0.195. The van der Waals surface area contributed by atoms with Crippen molar-refractivity contribution in [3.63, 3.8) is 0 Å². The first kappa shape index (κ1) is 29.7. The Morgan fingerprint density at radius 1 is 0.580 bits per heavy atom. The first-order valence-corrected chi connectivity index (χ1v) is 18.4. The minimum atomic E-state index is -0.0348. The Morgan fingerprint density at radius 3 is 1.96 bits per heavy atom. The molecule has 0 radical (unpaired) electrons. The lowest BCUT2D eigenvalue weighted by Crippen LogP contribution is -2.64. The Morgan fingerprint density at radius 2 is 1.24 bits per heavy atom. The lowest BCUT2D eigenvalue weighted by atomic mass is 9.33. The molecule has 50 heavy (non-hydrogen) atoms. The Kier molecular flexibility index (Phi) is 6.32. The number of aryl methyl sites for hydroxylation is 2. The van der Waals surface area contributed by atoms with Gasteiger partial charge in [-0.2, -0.15) is 0 Å². The molecule has 0 aromatic heterocycles. The maximum absolute atomic E-state index is 2.83. The molecular formula is C46H42BN3. The summed E-state index contributed by atoms with van der Waals surface area (Å²) in [5, 5.41) is 0. The van der Waals surface area contributed by atoms with Crippen molar-refractivity contribution in [2.24, 2.45) is 0 Å². The summed E-state index contributed by atoms with van der Waals surface area (Å²) in [5.74, 6) is 0. The van der Waals surface area contributed by atoms with Gasteiger partial charge in [0.15, 0.2) is 0 Å². The van der Waals surface area contributed by atoms with Crippen LogP contribution in [0.15, 0.2) is 133 Å². The zero-order chi connectivity index (χ0) is 33.8. The molecule has 0 bridgehead atoms. The summed E-state index contributed by atoms with van der Waals surface area (Å²) in [7, 11) is 0. The molecule has 2 atom stereocenters. The molecule has 3 nitrogen and oxygen atoms in total. The van der Waals surface area contributed by atoms with E-state index in [0.717, 1.165) is 11.4 Å². The van der Waals surface area contributed by atoms with E-state index in [-0.39, 0.29) is 17.7 Å². The van der Waals surface area contributed by atoms with Crippen LogP contribution in [0.25, 0.3) is 0 Å². The normalized spacial score (nSPS) is 20.9. The number of fused-ring (bicyclic) bond motifs is 7. The highest BCUT2D eigenvalue weighted by molar-refractivity contribution is 7.00. The molecule has 1 saturated carbocycles. The van der Waals surface area contributed by atoms with E-state index in [2.05, 4.69) is 176 Å². The molecule has 4 aliphatic rings. The van der Waals surface area contributed by atoms with Crippen molar-refractivity contribution in [2.75, 3.05) is 14.7 Å². The smallest absolute Gasteiger partial charge is 0.252 e. The highest BCUT2D eigenvalue weighted by atomic mass is 15.3. The molecule has 0 saturated heterocycles. The van der Waals surface area contributed by atoms with Crippen LogP contribution in [0.3, 0.4) is 0 Å². The second kappa shape index (κ2) is 10.6. The Labute approximate surface area is 296 Å². The zero-order valence-electron chi connectivity index (χ0n) is 29.4. The van der Waals surface area contributed by atoms with E-state index in [4.69, 9.17) is 0 Å². The molecule has 0 N–H and O–H groups in total. The van der Waals surface area contributed by atoms with Crippen LogP contribution in [-0.2, 0) is 5.41 Å². The third kappa shape index (κ3) is 3.93. The monoisotopic (exact) mass is 647 g/mol. The molecule has 1 aliphatic carbocycles. The molecule has 244 valence electrons. The van der Waals surface area contributed by atoms with Crippen LogP contribution in [0, 0.1) is 13.8 Å². The van der Waals surface area contributed by atoms with Crippen LogP contribution in [-0.4, -0.2) is 12.3 Å². The van der Waals surface area contributed by atoms with Gasteiger partial charge in [0.1, 0.15) is 0 Å². The van der Waals surface area contributed by atoms with E-state index < -0.39 is 0 Å². The predicted molar refractivity (Wildman–Crippen MR) is 213 cm³/mol. The van der Waals surface area contributed by atoms with Gasteiger partial charge < -0.3 is 14.7 Å². The topological polar surface area (TPSA) is 9.72 Å². The molecule has 6 aromatic carbocycles. The van der Waals surface area contributed by atoms with Gasteiger partial charge in [0.2, 0.25) is 0 Å². The van der Waals surface area contributed by atoms with E-state index in [1.54, 1.807) is 0 Å². The summed E-state index contributed by atoms with van der Waals surface area (Å²) in [6.45, 7) is 9.70. The van der Waals surface area contributed by atoms with Gasteiger partial charge >= 0.3 is 0 Å². The van der Waals surface area contributed by atoms with Crippen LogP contribution in [0.4, 0.5) is 45.5 Å². The van der Waals surface area contributed by atoms with E-state index in [0.29, 0.717) is 0 Å². The number of para-hydroxylation sites is 3. The third-order valence-corrected chi connectivity index (χ3v) is 12.7. The van der Waals surface area contributed by atoms with Gasteiger partial charge in [0, 0.05) is 45.2 Å². The van der Waals surface area contributed by atoms with Crippen LogP contribution in [0.5, 0.6) is 0 Å². The highest BCUT2D eigenvalue weighted by Crippen LogP contribution is 2.62. The highest BCUT2D eigenvalue weighted by Gasteiger charge is 2.61. The van der Waals surface area contributed by atoms with Gasteiger partial charge in [-0.05, 0) is 110 Å². The number of nitrogens with zero attached hydrogens (tertiary/aromatic N) is 3. The van der Waals surface area contributed by atoms with Gasteiger partial charge in [-0.3, -0.25) is 0 Å². The number of anilines is 8. The summed E-state index contributed by atoms with van der Waals surface area (Å²) in [4.78, 5) is 7.83. The second-order valence-corrected chi connectivity index (χ2v) is 15.5. The van der Waals surface area contributed by atoms with Crippen molar-refractivity contribution >= 4 is 68.6 Å². The Hall–Kier alpha value is -5.22. The average molecular weight is 648 g/mol. The molecule has 10 rings (SSSR count). The SMILES string of the molecule is Cc1ccc(N2c3ccc(C)cc3B3c4cccc5c4N(c4cc(N(c6ccccc6)c6ccccc6)cc2c43)C2(C)CCCCC52C)cc1. The Balaban J connectivity index is 1.34.